The molecule has 4 rings (SSSR count). The Morgan fingerprint density at radius 1 is 1.27 bits per heavy atom. The smallest absolute Gasteiger partial charge is 0.258 e. The number of sulfonamides is 1. The number of aromatic nitrogens is 1. The summed E-state index contributed by atoms with van der Waals surface area (Å²) in [6.07, 6.45) is 0.928. The molecule has 2 fully saturated rings. The van der Waals surface area contributed by atoms with Crippen molar-refractivity contribution in [1.29, 1.82) is 0 Å². The third-order valence-electron chi connectivity index (χ3n) is 5.33. The number of carbonyl (C=O) groups excluding carboxylic acids is 1. The minimum absolute atomic E-state index is 0.0512. The number of benzene rings is 1. The summed E-state index contributed by atoms with van der Waals surface area (Å²) in [5.41, 5.74) is 0.0512. The van der Waals surface area contributed by atoms with Gasteiger partial charge in [-0.2, -0.15) is 4.31 Å². The van der Waals surface area contributed by atoms with E-state index >= 15 is 0 Å². The van der Waals surface area contributed by atoms with Crippen LogP contribution in [-0.4, -0.2) is 42.1 Å². The van der Waals surface area contributed by atoms with Crippen LogP contribution in [-0.2, 0) is 21.4 Å². The highest BCUT2D eigenvalue weighted by atomic mass is 79.9. The first kappa shape index (κ1) is 21.2. The topological polar surface area (TPSA) is 79.4 Å². The number of piperidine rings is 1. The molecule has 2 heterocycles. The van der Waals surface area contributed by atoms with Crippen LogP contribution in [0.25, 0.3) is 0 Å². The van der Waals surface area contributed by atoms with E-state index in [4.69, 9.17) is 0 Å². The molecule has 0 radical (unpaired) electrons. The molecule has 1 N–H and O–H groups in total. The number of fused-ring (bicyclic) bond motifs is 1. The molecule has 160 valence electrons. The standard InChI is InChI=1S/C18H14BrF4N3O3S/c19-14-5-9(13(21)7-24-14)6-25-17(27)16-15-12(18(15,22)23)8-26(16)30(28,29)11-3-1-10(20)2-4-11/h1-5,7,12,15-16H,6,8H2,(H,25,27)/t12-,15-,16-/m0/s1. The van der Waals surface area contributed by atoms with Crippen molar-refractivity contribution in [1.82, 2.24) is 14.6 Å². The molecule has 1 saturated heterocycles. The molecule has 1 aliphatic heterocycles. The van der Waals surface area contributed by atoms with Crippen molar-refractivity contribution in [2.45, 2.75) is 23.4 Å². The second kappa shape index (κ2) is 7.27. The van der Waals surface area contributed by atoms with Crippen LogP contribution >= 0.6 is 15.9 Å². The van der Waals surface area contributed by atoms with Crippen LogP contribution in [0.1, 0.15) is 5.56 Å². The van der Waals surface area contributed by atoms with Crippen LogP contribution in [0, 0.1) is 23.5 Å². The van der Waals surface area contributed by atoms with Crippen molar-refractivity contribution in [3.8, 4) is 0 Å². The summed E-state index contributed by atoms with van der Waals surface area (Å²) in [6, 6.07) is 3.52. The van der Waals surface area contributed by atoms with Gasteiger partial charge in [0.25, 0.3) is 5.92 Å². The van der Waals surface area contributed by atoms with Crippen molar-refractivity contribution in [3.63, 3.8) is 0 Å². The minimum atomic E-state index is -4.32. The zero-order chi connectivity index (χ0) is 21.8. The summed E-state index contributed by atoms with van der Waals surface area (Å²) in [6.45, 7) is -0.875. The first-order valence-corrected chi connectivity index (χ1v) is 11.0. The van der Waals surface area contributed by atoms with Gasteiger partial charge in [-0.3, -0.25) is 4.79 Å². The number of hydrogen-bond donors (Lipinski definition) is 1. The molecule has 6 nitrogen and oxygen atoms in total. The van der Waals surface area contributed by atoms with Gasteiger partial charge in [0.1, 0.15) is 22.3 Å². The highest BCUT2D eigenvalue weighted by Gasteiger charge is 2.78. The van der Waals surface area contributed by atoms with E-state index in [0.29, 0.717) is 8.91 Å². The van der Waals surface area contributed by atoms with Crippen LogP contribution in [0.2, 0.25) is 0 Å². The van der Waals surface area contributed by atoms with E-state index in [-0.39, 0.29) is 17.0 Å². The van der Waals surface area contributed by atoms with Gasteiger partial charge >= 0.3 is 0 Å². The van der Waals surface area contributed by atoms with Crippen LogP contribution in [0.3, 0.4) is 0 Å². The van der Waals surface area contributed by atoms with Gasteiger partial charge in [-0.15, -0.1) is 0 Å². The number of amides is 1. The normalized spacial score (nSPS) is 25.0. The zero-order valence-corrected chi connectivity index (χ0v) is 17.4. The maximum atomic E-state index is 14.0. The number of carbonyl (C=O) groups is 1. The van der Waals surface area contributed by atoms with Gasteiger partial charge in [0.05, 0.1) is 17.0 Å². The Kier molecular flexibility index (Phi) is 5.14. The number of nitrogens with zero attached hydrogens (tertiary/aromatic N) is 2. The third-order valence-corrected chi connectivity index (χ3v) is 7.63. The molecule has 0 unspecified atom stereocenters. The monoisotopic (exact) mass is 507 g/mol. The van der Waals surface area contributed by atoms with Crippen LogP contribution in [0.5, 0.6) is 0 Å². The maximum Gasteiger partial charge on any atom is 0.258 e. The summed E-state index contributed by atoms with van der Waals surface area (Å²) in [5, 5.41) is 2.34. The third kappa shape index (κ3) is 3.50. The zero-order valence-electron chi connectivity index (χ0n) is 15.0. The highest BCUT2D eigenvalue weighted by molar-refractivity contribution is 9.10. The Balaban J connectivity index is 1.59. The second-order valence-corrected chi connectivity index (χ2v) is 9.80. The fourth-order valence-electron chi connectivity index (χ4n) is 3.73. The molecule has 0 spiro atoms. The van der Waals surface area contributed by atoms with Gasteiger partial charge in [0.2, 0.25) is 15.9 Å². The van der Waals surface area contributed by atoms with E-state index in [1.54, 1.807) is 0 Å². The first-order valence-electron chi connectivity index (χ1n) is 8.76. The van der Waals surface area contributed by atoms with Gasteiger partial charge in [-0.25, -0.2) is 31.0 Å². The summed E-state index contributed by atoms with van der Waals surface area (Å²) < 4.78 is 81.9. The van der Waals surface area contributed by atoms with Crippen molar-refractivity contribution < 1.29 is 30.8 Å². The van der Waals surface area contributed by atoms with Gasteiger partial charge < -0.3 is 5.32 Å². The number of hydrogen-bond acceptors (Lipinski definition) is 4. The summed E-state index contributed by atoms with van der Waals surface area (Å²) in [5.74, 6) is -8.25. The quantitative estimate of drug-likeness (QED) is 0.498. The molecule has 3 atom stereocenters. The fraction of sp³-hybridized carbons (Fsp3) is 0.333. The molecule has 30 heavy (non-hydrogen) atoms. The van der Waals surface area contributed by atoms with Crippen molar-refractivity contribution in [2.24, 2.45) is 11.8 Å². The van der Waals surface area contributed by atoms with Gasteiger partial charge in [0.15, 0.2) is 0 Å². The number of pyridine rings is 1. The van der Waals surface area contributed by atoms with Gasteiger partial charge in [0, 0.05) is 24.6 Å². The first-order chi connectivity index (χ1) is 14.0. The van der Waals surface area contributed by atoms with Crippen molar-refractivity contribution in [2.75, 3.05) is 6.54 Å². The Hall–Kier alpha value is -2.05. The molecule has 1 aromatic heterocycles. The molecule has 1 aromatic carbocycles. The second-order valence-electron chi connectivity index (χ2n) is 7.10. The molecule has 2 aromatic rings. The molecule has 1 aliphatic carbocycles. The lowest BCUT2D eigenvalue weighted by molar-refractivity contribution is -0.126. The number of halogens is 5. The van der Waals surface area contributed by atoms with Crippen molar-refractivity contribution >= 4 is 31.9 Å². The summed E-state index contributed by atoms with van der Waals surface area (Å²) in [7, 11) is -4.32. The van der Waals surface area contributed by atoms with E-state index in [1.165, 1.54) is 6.07 Å². The van der Waals surface area contributed by atoms with Gasteiger partial charge in [-0.05, 0) is 46.3 Å². The Morgan fingerprint density at radius 3 is 2.60 bits per heavy atom. The maximum absolute atomic E-state index is 14.0. The number of alkyl halides is 2. The Labute approximate surface area is 177 Å². The van der Waals surface area contributed by atoms with Gasteiger partial charge in [-0.1, -0.05) is 0 Å². The largest absolute Gasteiger partial charge is 0.351 e. The molecule has 12 heteroatoms. The van der Waals surface area contributed by atoms with E-state index in [9.17, 15) is 30.8 Å². The average molecular weight is 508 g/mol. The lowest BCUT2D eigenvalue weighted by Crippen LogP contribution is -2.50. The van der Waals surface area contributed by atoms with Crippen molar-refractivity contribution in [3.05, 3.63) is 58.3 Å². The van der Waals surface area contributed by atoms with E-state index in [2.05, 4.69) is 26.2 Å². The highest BCUT2D eigenvalue weighted by Crippen LogP contribution is 2.63. The average Bonchev–Trinajstić information content (AvgIpc) is 3.04. The predicted octanol–water partition coefficient (Wildman–Crippen LogP) is 2.69. The SMILES string of the molecule is O=C(NCc1cc(Br)ncc1F)[C@@H]1[C@@H]2[C@H](CN1S(=O)(=O)c1ccc(F)cc1)C2(F)F. The minimum Gasteiger partial charge on any atom is -0.351 e. The van der Waals surface area contributed by atoms with Crippen LogP contribution in [0.15, 0.2) is 46.0 Å². The Bertz CT molecular complexity index is 1110. The molecule has 1 saturated carbocycles. The van der Waals surface area contributed by atoms with E-state index < -0.39 is 57.9 Å². The molecule has 0 bridgehead atoms. The van der Waals surface area contributed by atoms with Crippen LogP contribution in [0.4, 0.5) is 17.6 Å². The number of rotatable bonds is 5. The number of nitrogens with one attached hydrogen (secondary N) is 1. The fourth-order valence-corrected chi connectivity index (χ4v) is 5.74. The van der Waals surface area contributed by atoms with Crippen LogP contribution < -0.4 is 5.32 Å². The van der Waals surface area contributed by atoms with E-state index in [0.717, 1.165) is 30.5 Å². The Morgan fingerprint density at radius 2 is 1.93 bits per heavy atom. The molecule has 2 aliphatic rings. The summed E-state index contributed by atoms with van der Waals surface area (Å²) in [4.78, 5) is 16.1. The lowest BCUT2D eigenvalue weighted by atomic mass is 10.1. The molecule has 1 amide bonds. The lowest BCUT2D eigenvalue weighted by Gasteiger charge is -2.27. The van der Waals surface area contributed by atoms with E-state index in [1.807, 2.05) is 0 Å². The molecular formula is C18H14BrF4N3O3S. The summed E-state index contributed by atoms with van der Waals surface area (Å²) >= 11 is 3.06. The predicted molar refractivity (Wildman–Crippen MR) is 99.7 cm³/mol. The molecular weight excluding hydrogens is 494 g/mol.